The summed E-state index contributed by atoms with van der Waals surface area (Å²) in [4.78, 5) is 18.0. The smallest absolute Gasteiger partial charge is 0.250 e. The first kappa shape index (κ1) is 30.0. The molecule has 0 radical (unpaired) electrons. The van der Waals surface area contributed by atoms with Crippen molar-refractivity contribution in [1.29, 1.82) is 0 Å². The molecule has 1 aromatic heterocycles. The van der Waals surface area contributed by atoms with Crippen molar-refractivity contribution in [2.75, 3.05) is 33.8 Å². The Bertz CT molecular complexity index is 1580. The Hall–Kier alpha value is -3.02. The van der Waals surface area contributed by atoms with Gasteiger partial charge in [-0.1, -0.05) is 12.1 Å². The van der Waals surface area contributed by atoms with Gasteiger partial charge in [-0.05, 0) is 72.9 Å². The number of carbonyl (C=O) groups excluding carboxylic acids is 1. The first-order chi connectivity index (χ1) is 20.6. The van der Waals surface area contributed by atoms with Crippen LogP contribution in [0.1, 0.15) is 56.7 Å². The number of hydrogen-bond acceptors (Lipinski definition) is 5. The Balaban J connectivity index is 1.20. The van der Waals surface area contributed by atoms with E-state index in [-0.39, 0.29) is 48.7 Å². The van der Waals surface area contributed by atoms with Gasteiger partial charge < -0.3 is 14.2 Å². The molecule has 1 unspecified atom stereocenters. The fraction of sp³-hybridized carbons (Fsp3) is 0.531. The number of fused-ring (bicyclic) bond motifs is 2. The van der Waals surface area contributed by atoms with Gasteiger partial charge in [0.05, 0.1) is 18.0 Å². The van der Waals surface area contributed by atoms with Gasteiger partial charge in [0.1, 0.15) is 5.75 Å². The lowest BCUT2D eigenvalue weighted by Gasteiger charge is -2.43. The summed E-state index contributed by atoms with van der Waals surface area (Å²) in [5.74, 6) is -1.99. The van der Waals surface area contributed by atoms with Crippen LogP contribution < -0.4 is 4.74 Å². The van der Waals surface area contributed by atoms with Crippen LogP contribution in [0.5, 0.6) is 5.75 Å². The second kappa shape index (κ2) is 11.8. The van der Waals surface area contributed by atoms with Gasteiger partial charge >= 0.3 is 0 Å². The van der Waals surface area contributed by atoms with Crippen molar-refractivity contribution in [2.24, 2.45) is 0 Å². The molecule has 0 spiro atoms. The van der Waals surface area contributed by atoms with Crippen LogP contribution in [0.4, 0.5) is 8.78 Å². The number of likely N-dealkylation sites (tertiary alicyclic amines) is 1. The van der Waals surface area contributed by atoms with E-state index in [1.165, 1.54) is 4.31 Å². The van der Waals surface area contributed by atoms with Crippen LogP contribution in [0.25, 0.3) is 10.8 Å². The van der Waals surface area contributed by atoms with Crippen LogP contribution in [0.15, 0.2) is 59.6 Å². The number of benzene rings is 2. The van der Waals surface area contributed by atoms with Gasteiger partial charge in [-0.15, -0.1) is 0 Å². The van der Waals surface area contributed by atoms with Crippen LogP contribution in [0.3, 0.4) is 0 Å². The summed E-state index contributed by atoms with van der Waals surface area (Å²) in [6.45, 7) is 1.54. The van der Waals surface area contributed by atoms with Gasteiger partial charge in [0, 0.05) is 76.5 Å². The van der Waals surface area contributed by atoms with Gasteiger partial charge in [0.15, 0.2) is 0 Å². The van der Waals surface area contributed by atoms with E-state index in [1.54, 1.807) is 43.3 Å². The molecule has 3 aliphatic rings. The zero-order chi connectivity index (χ0) is 30.4. The summed E-state index contributed by atoms with van der Waals surface area (Å²) in [6.07, 6.45) is 5.22. The normalized spacial score (nSPS) is 24.9. The largest absolute Gasteiger partial charge is 0.497 e. The molecule has 2 fully saturated rings. The van der Waals surface area contributed by atoms with Crippen molar-refractivity contribution >= 4 is 26.7 Å². The van der Waals surface area contributed by atoms with Crippen molar-refractivity contribution in [3.05, 3.63) is 60.4 Å². The number of methoxy groups -OCH3 is 1. The highest BCUT2D eigenvalue weighted by molar-refractivity contribution is 7.89. The van der Waals surface area contributed by atoms with Crippen molar-refractivity contribution in [1.82, 2.24) is 18.7 Å². The molecule has 6 rings (SSSR count). The molecule has 8 nitrogen and oxygen atoms in total. The maximum absolute atomic E-state index is 14.1. The molecule has 1 saturated carbocycles. The molecule has 2 aromatic carbocycles. The Morgan fingerprint density at radius 3 is 2.53 bits per heavy atom. The molecule has 3 atom stereocenters. The van der Waals surface area contributed by atoms with Crippen LogP contribution in [0, 0.1) is 0 Å². The van der Waals surface area contributed by atoms with E-state index < -0.39 is 22.0 Å². The number of carbonyl (C=O) groups is 1. The second-order valence-corrected chi connectivity index (χ2v) is 14.1. The number of amides is 1. The van der Waals surface area contributed by atoms with E-state index in [9.17, 15) is 22.0 Å². The minimum Gasteiger partial charge on any atom is -0.497 e. The molecule has 3 aromatic rings. The van der Waals surface area contributed by atoms with Crippen LogP contribution in [-0.2, 0) is 21.4 Å². The second-order valence-electron chi connectivity index (χ2n) is 12.2. The van der Waals surface area contributed by atoms with E-state index in [2.05, 4.69) is 4.90 Å². The number of nitrogens with zero attached hydrogens (tertiary/aromatic N) is 4. The van der Waals surface area contributed by atoms with E-state index in [0.717, 1.165) is 42.1 Å². The molecule has 232 valence electrons. The molecule has 1 amide bonds. The number of piperidine rings is 1. The molecule has 11 heteroatoms. The predicted octanol–water partition coefficient (Wildman–Crippen LogP) is 5.29. The third kappa shape index (κ3) is 6.04. The quantitative estimate of drug-likeness (QED) is 0.362. The molecule has 1 aliphatic carbocycles. The third-order valence-electron chi connectivity index (χ3n) is 9.71. The van der Waals surface area contributed by atoms with Crippen molar-refractivity contribution in [2.45, 2.75) is 80.4 Å². The number of hydrogen-bond donors (Lipinski definition) is 0. The van der Waals surface area contributed by atoms with Gasteiger partial charge in [0.25, 0.3) is 5.92 Å². The Morgan fingerprint density at radius 1 is 1.02 bits per heavy atom. The average molecular weight is 615 g/mol. The summed E-state index contributed by atoms with van der Waals surface area (Å²) in [7, 11) is -0.521. The number of rotatable bonds is 7. The van der Waals surface area contributed by atoms with Crippen LogP contribution in [-0.4, -0.2) is 84.8 Å². The van der Waals surface area contributed by atoms with E-state index >= 15 is 0 Å². The molecule has 3 heterocycles. The zero-order valence-corrected chi connectivity index (χ0v) is 25.6. The lowest BCUT2D eigenvalue weighted by atomic mass is 9.87. The third-order valence-corrected chi connectivity index (χ3v) is 11.6. The number of halogens is 2. The maximum atomic E-state index is 14.1. The van der Waals surface area contributed by atoms with Gasteiger partial charge in [-0.3, -0.25) is 9.69 Å². The summed E-state index contributed by atoms with van der Waals surface area (Å²) in [6, 6.07) is 13.9. The molecular weight excluding hydrogens is 574 g/mol. The van der Waals surface area contributed by atoms with Gasteiger partial charge in [-0.25, -0.2) is 17.2 Å². The number of sulfonamides is 1. The highest BCUT2D eigenvalue weighted by Gasteiger charge is 2.41. The average Bonchev–Trinajstić information content (AvgIpc) is 3.50. The topological polar surface area (TPSA) is 75.1 Å². The lowest BCUT2D eigenvalue weighted by Crippen LogP contribution is -2.51. The Kier molecular flexibility index (Phi) is 8.25. The van der Waals surface area contributed by atoms with E-state index in [1.807, 2.05) is 35.0 Å². The summed E-state index contributed by atoms with van der Waals surface area (Å²) < 4.78 is 64.6. The predicted molar refractivity (Wildman–Crippen MR) is 161 cm³/mol. The Labute approximate surface area is 252 Å². The molecule has 0 N–H and O–H groups in total. The van der Waals surface area contributed by atoms with E-state index in [4.69, 9.17) is 4.74 Å². The van der Waals surface area contributed by atoms with Crippen LogP contribution in [0.2, 0.25) is 0 Å². The van der Waals surface area contributed by atoms with Crippen molar-refractivity contribution in [3.8, 4) is 5.75 Å². The fourth-order valence-corrected chi connectivity index (χ4v) is 8.74. The van der Waals surface area contributed by atoms with Crippen molar-refractivity contribution in [3.63, 3.8) is 0 Å². The number of alkyl halides is 2. The SMILES string of the molecule is COc1ccc2cc(S(=O)(=O)N3CCn4cccc4C3CC(=O)N(C)[C@H]3CCC[C@@H](N4CCC(F)(F)CC4)C3)ccc2c1. The first-order valence-electron chi connectivity index (χ1n) is 15.2. The molecule has 2 aliphatic heterocycles. The maximum Gasteiger partial charge on any atom is 0.250 e. The van der Waals surface area contributed by atoms with Gasteiger partial charge in [0.2, 0.25) is 15.9 Å². The fourth-order valence-electron chi connectivity index (χ4n) is 7.11. The lowest BCUT2D eigenvalue weighted by molar-refractivity contribution is -0.134. The highest BCUT2D eigenvalue weighted by atomic mass is 32.2. The molecule has 0 bridgehead atoms. The van der Waals surface area contributed by atoms with Gasteiger partial charge in [-0.2, -0.15) is 4.31 Å². The molecule has 1 saturated heterocycles. The van der Waals surface area contributed by atoms with E-state index in [0.29, 0.717) is 25.4 Å². The first-order valence-corrected chi connectivity index (χ1v) is 16.6. The van der Waals surface area contributed by atoms with Crippen LogP contribution >= 0.6 is 0 Å². The minimum atomic E-state index is -3.92. The summed E-state index contributed by atoms with van der Waals surface area (Å²) >= 11 is 0. The standard InChI is InChI=1S/C32H40F2N4O4S/c1-35(25-5-3-6-26(21-25)36-15-12-32(33,34)13-16-36)31(39)22-30-29-7-4-14-37(29)17-18-38(30)43(40,41)28-11-9-23-19-27(42-2)10-8-24(23)20-28/h4,7-11,14,19-20,25-26,30H,3,5-6,12-13,15-18,21-22H2,1-2H3/t25-,26+,30?/m0/s1. The van der Waals surface area contributed by atoms with Crippen molar-refractivity contribution < 1.29 is 26.7 Å². The highest BCUT2D eigenvalue weighted by Crippen LogP contribution is 2.37. The number of ether oxygens (including phenoxy) is 1. The minimum absolute atomic E-state index is 0.00778. The Morgan fingerprint density at radius 2 is 1.77 bits per heavy atom. The zero-order valence-electron chi connectivity index (χ0n) is 24.8. The molecule has 43 heavy (non-hydrogen) atoms. The molecular formula is C32H40F2N4O4S. The number of aromatic nitrogens is 1. The monoisotopic (exact) mass is 614 g/mol. The summed E-state index contributed by atoms with van der Waals surface area (Å²) in [5, 5.41) is 1.67. The summed E-state index contributed by atoms with van der Waals surface area (Å²) in [5.41, 5.74) is 0.804.